The Morgan fingerprint density at radius 1 is 1.57 bits per heavy atom. The SMILES string of the molecule is CCOC(=O)[C@H]1CCCCN1Cc1c([N+](=O)[O-])ncn1C. The highest BCUT2D eigenvalue weighted by Gasteiger charge is 2.32. The number of rotatable bonds is 5. The molecule has 1 fully saturated rings. The average molecular weight is 296 g/mol. The predicted octanol–water partition coefficient (Wildman–Crippen LogP) is 1.25. The molecule has 8 heteroatoms. The second-order valence-corrected chi connectivity index (χ2v) is 5.12. The summed E-state index contributed by atoms with van der Waals surface area (Å²) in [4.78, 5) is 28.3. The van der Waals surface area contributed by atoms with Gasteiger partial charge in [0.15, 0.2) is 0 Å². The topological polar surface area (TPSA) is 90.5 Å². The highest BCUT2D eigenvalue weighted by Crippen LogP contribution is 2.24. The van der Waals surface area contributed by atoms with E-state index in [-0.39, 0.29) is 17.8 Å². The fourth-order valence-corrected chi connectivity index (χ4v) is 2.66. The largest absolute Gasteiger partial charge is 0.465 e. The molecule has 0 unspecified atom stereocenters. The van der Waals surface area contributed by atoms with Crippen molar-refractivity contribution in [2.75, 3.05) is 13.2 Å². The van der Waals surface area contributed by atoms with Gasteiger partial charge in [-0.3, -0.25) is 9.69 Å². The summed E-state index contributed by atoms with van der Waals surface area (Å²) in [6.07, 6.45) is 4.09. The van der Waals surface area contributed by atoms with Crippen molar-refractivity contribution in [3.63, 3.8) is 0 Å². The zero-order valence-electron chi connectivity index (χ0n) is 12.3. The van der Waals surface area contributed by atoms with Gasteiger partial charge in [0.1, 0.15) is 11.7 Å². The first kappa shape index (κ1) is 15.4. The van der Waals surface area contributed by atoms with Gasteiger partial charge in [-0.05, 0) is 36.2 Å². The molecule has 8 nitrogen and oxygen atoms in total. The van der Waals surface area contributed by atoms with Crippen LogP contribution in [0.5, 0.6) is 0 Å². The van der Waals surface area contributed by atoms with E-state index in [0.717, 1.165) is 25.8 Å². The van der Waals surface area contributed by atoms with Crippen LogP contribution < -0.4 is 0 Å². The van der Waals surface area contributed by atoms with Crippen LogP contribution in [0.4, 0.5) is 5.82 Å². The predicted molar refractivity (Wildman–Crippen MR) is 74.5 cm³/mol. The van der Waals surface area contributed by atoms with E-state index in [0.29, 0.717) is 18.8 Å². The standard InChI is InChI=1S/C13H20N4O4/c1-3-21-13(18)10-6-4-5-7-16(10)8-11-12(17(19)20)14-9-15(11)2/h9-10H,3-8H2,1-2H3/t10-/m1/s1. The van der Waals surface area contributed by atoms with Gasteiger partial charge in [0, 0.05) is 13.6 Å². The van der Waals surface area contributed by atoms with Crippen molar-refractivity contribution in [1.29, 1.82) is 0 Å². The van der Waals surface area contributed by atoms with Crippen LogP contribution in [0.2, 0.25) is 0 Å². The molecule has 1 aliphatic heterocycles. The maximum absolute atomic E-state index is 12.0. The number of likely N-dealkylation sites (tertiary alicyclic amines) is 1. The summed E-state index contributed by atoms with van der Waals surface area (Å²) in [5.74, 6) is -0.396. The molecule has 1 aromatic heterocycles. The third kappa shape index (κ3) is 3.38. The number of nitrogens with zero attached hydrogens (tertiary/aromatic N) is 4. The number of aryl methyl sites for hydroxylation is 1. The lowest BCUT2D eigenvalue weighted by Gasteiger charge is -2.33. The minimum Gasteiger partial charge on any atom is -0.465 e. The van der Waals surface area contributed by atoms with Gasteiger partial charge >= 0.3 is 11.8 Å². The fourth-order valence-electron chi connectivity index (χ4n) is 2.66. The van der Waals surface area contributed by atoms with Crippen LogP contribution >= 0.6 is 0 Å². The first-order valence-electron chi connectivity index (χ1n) is 7.09. The summed E-state index contributed by atoms with van der Waals surface area (Å²) >= 11 is 0. The van der Waals surface area contributed by atoms with Crippen molar-refractivity contribution in [3.8, 4) is 0 Å². The molecule has 116 valence electrons. The Labute approximate surface area is 122 Å². The molecule has 1 saturated heterocycles. The van der Waals surface area contributed by atoms with E-state index in [4.69, 9.17) is 4.74 Å². The van der Waals surface area contributed by atoms with Crippen LogP contribution in [0.15, 0.2) is 6.33 Å². The maximum atomic E-state index is 12.0. The van der Waals surface area contributed by atoms with Crippen LogP contribution in [0.25, 0.3) is 0 Å². The van der Waals surface area contributed by atoms with Crippen molar-refractivity contribution in [2.45, 2.75) is 38.8 Å². The highest BCUT2D eigenvalue weighted by molar-refractivity contribution is 5.75. The number of nitro groups is 1. The fraction of sp³-hybridized carbons (Fsp3) is 0.692. The Balaban J connectivity index is 2.18. The van der Waals surface area contributed by atoms with Crippen LogP contribution in [0, 0.1) is 10.1 Å². The van der Waals surface area contributed by atoms with Crippen LogP contribution in [-0.2, 0) is 23.1 Å². The lowest BCUT2D eigenvalue weighted by molar-refractivity contribution is -0.390. The highest BCUT2D eigenvalue weighted by atomic mass is 16.6. The van der Waals surface area contributed by atoms with E-state index in [2.05, 4.69) is 4.98 Å². The number of carbonyl (C=O) groups is 1. The molecule has 0 bridgehead atoms. The van der Waals surface area contributed by atoms with E-state index in [1.54, 1.807) is 18.5 Å². The van der Waals surface area contributed by atoms with Crippen molar-refractivity contribution in [2.24, 2.45) is 7.05 Å². The van der Waals surface area contributed by atoms with Crippen LogP contribution in [-0.4, -0.2) is 44.5 Å². The monoisotopic (exact) mass is 296 g/mol. The molecule has 1 atom stereocenters. The lowest BCUT2D eigenvalue weighted by Crippen LogP contribution is -2.45. The molecule has 0 aliphatic carbocycles. The molecular formula is C13H20N4O4. The third-order valence-corrected chi connectivity index (χ3v) is 3.74. The first-order chi connectivity index (χ1) is 10.0. The molecule has 21 heavy (non-hydrogen) atoms. The summed E-state index contributed by atoms with van der Waals surface area (Å²) in [5, 5.41) is 11.0. The van der Waals surface area contributed by atoms with Crippen molar-refractivity contribution >= 4 is 11.8 Å². The molecular weight excluding hydrogens is 276 g/mol. The van der Waals surface area contributed by atoms with Crippen LogP contribution in [0.3, 0.4) is 0 Å². The van der Waals surface area contributed by atoms with Crippen molar-refractivity contribution < 1.29 is 14.5 Å². The van der Waals surface area contributed by atoms with E-state index >= 15 is 0 Å². The van der Waals surface area contributed by atoms with E-state index in [1.165, 1.54) is 6.33 Å². The number of esters is 1. The number of hydrogen-bond acceptors (Lipinski definition) is 6. The molecule has 0 spiro atoms. The molecule has 0 saturated carbocycles. The number of piperidine rings is 1. The minimum absolute atomic E-state index is 0.148. The number of hydrogen-bond donors (Lipinski definition) is 0. The normalized spacial score (nSPS) is 19.4. The zero-order chi connectivity index (χ0) is 15.4. The van der Waals surface area contributed by atoms with Crippen molar-refractivity contribution in [3.05, 3.63) is 22.1 Å². The summed E-state index contributed by atoms with van der Waals surface area (Å²) < 4.78 is 6.74. The average Bonchev–Trinajstić information content (AvgIpc) is 2.81. The molecule has 1 aliphatic rings. The lowest BCUT2D eigenvalue weighted by atomic mass is 10.0. The molecule has 1 aromatic rings. The molecule has 2 rings (SSSR count). The molecule has 0 amide bonds. The zero-order valence-corrected chi connectivity index (χ0v) is 12.3. The van der Waals surface area contributed by atoms with Gasteiger partial charge < -0.3 is 19.4 Å². The minimum atomic E-state index is -0.487. The van der Waals surface area contributed by atoms with Gasteiger partial charge in [0.05, 0.1) is 6.61 Å². The second kappa shape index (κ2) is 6.66. The second-order valence-electron chi connectivity index (χ2n) is 5.12. The van der Waals surface area contributed by atoms with Gasteiger partial charge in [-0.2, -0.15) is 0 Å². The maximum Gasteiger partial charge on any atom is 0.386 e. The Kier molecular flexibility index (Phi) is 4.89. The third-order valence-electron chi connectivity index (χ3n) is 3.74. The summed E-state index contributed by atoms with van der Waals surface area (Å²) in [6, 6.07) is -0.326. The molecule has 0 N–H and O–H groups in total. The number of aromatic nitrogens is 2. The Hall–Kier alpha value is -1.96. The van der Waals surface area contributed by atoms with Gasteiger partial charge in [-0.15, -0.1) is 0 Å². The Morgan fingerprint density at radius 3 is 3.00 bits per heavy atom. The molecule has 0 aromatic carbocycles. The summed E-state index contributed by atoms with van der Waals surface area (Å²) in [5.41, 5.74) is 0.510. The quantitative estimate of drug-likeness (QED) is 0.461. The van der Waals surface area contributed by atoms with E-state index < -0.39 is 4.92 Å². The van der Waals surface area contributed by atoms with Gasteiger partial charge in [0.25, 0.3) is 0 Å². The van der Waals surface area contributed by atoms with E-state index in [9.17, 15) is 14.9 Å². The van der Waals surface area contributed by atoms with Crippen LogP contribution in [0.1, 0.15) is 31.9 Å². The Morgan fingerprint density at radius 2 is 2.33 bits per heavy atom. The first-order valence-corrected chi connectivity index (χ1v) is 7.09. The van der Waals surface area contributed by atoms with Gasteiger partial charge in [0.2, 0.25) is 6.33 Å². The smallest absolute Gasteiger partial charge is 0.386 e. The molecule has 0 radical (unpaired) electrons. The van der Waals surface area contributed by atoms with Gasteiger partial charge in [-0.1, -0.05) is 6.42 Å². The molecule has 2 heterocycles. The van der Waals surface area contributed by atoms with E-state index in [1.807, 2.05) is 4.90 Å². The summed E-state index contributed by atoms with van der Waals surface area (Å²) in [7, 11) is 1.72. The van der Waals surface area contributed by atoms with Gasteiger partial charge in [-0.25, -0.2) is 0 Å². The summed E-state index contributed by atoms with van der Waals surface area (Å²) in [6.45, 7) is 3.17. The number of carbonyl (C=O) groups excluding carboxylic acids is 1. The number of ether oxygens (including phenoxy) is 1. The van der Waals surface area contributed by atoms with Crippen molar-refractivity contribution in [1.82, 2.24) is 14.5 Å². The number of imidazole rings is 1. The Bertz CT molecular complexity index is 528.